The fourth-order valence-electron chi connectivity index (χ4n) is 3.03. The number of nitrogens with zero attached hydrogens (tertiary/aromatic N) is 5. The van der Waals surface area contributed by atoms with Gasteiger partial charge in [-0.25, -0.2) is 4.98 Å². The van der Waals surface area contributed by atoms with Crippen molar-refractivity contribution in [3.63, 3.8) is 0 Å². The lowest BCUT2D eigenvalue weighted by molar-refractivity contribution is 0.0923. The Labute approximate surface area is 133 Å². The lowest BCUT2D eigenvalue weighted by atomic mass is 10.1. The summed E-state index contributed by atoms with van der Waals surface area (Å²) >= 11 is 0. The molecular weight excluding hydrogens is 292 g/mol. The summed E-state index contributed by atoms with van der Waals surface area (Å²) in [6.07, 6.45) is 5.39. The van der Waals surface area contributed by atoms with Gasteiger partial charge >= 0.3 is 0 Å². The van der Waals surface area contributed by atoms with Crippen LogP contribution in [-0.4, -0.2) is 36.1 Å². The van der Waals surface area contributed by atoms with Gasteiger partial charge in [0.25, 0.3) is 5.91 Å². The molecule has 4 rings (SSSR count). The quantitative estimate of drug-likeness (QED) is 0.773. The highest BCUT2D eigenvalue weighted by molar-refractivity contribution is 5.93. The fourth-order valence-corrected chi connectivity index (χ4v) is 3.03. The van der Waals surface area contributed by atoms with E-state index in [1.807, 2.05) is 36.6 Å². The van der Waals surface area contributed by atoms with E-state index in [4.69, 9.17) is 0 Å². The van der Waals surface area contributed by atoms with Gasteiger partial charge in [0, 0.05) is 31.4 Å². The second kappa shape index (κ2) is 5.19. The molecule has 7 heteroatoms. The van der Waals surface area contributed by atoms with Gasteiger partial charge in [-0.1, -0.05) is 0 Å². The molecule has 0 unspecified atom stereocenters. The smallest absolute Gasteiger partial charge is 0.271 e. The Balaban J connectivity index is 1.52. The van der Waals surface area contributed by atoms with Crippen molar-refractivity contribution in [1.82, 2.24) is 29.5 Å². The number of rotatable bonds is 2. The van der Waals surface area contributed by atoms with E-state index in [9.17, 15) is 4.79 Å². The van der Waals surface area contributed by atoms with Gasteiger partial charge in [-0.05, 0) is 38.0 Å². The number of fused-ring (bicyclic) bond motifs is 2. The van der Waals surface area contributed by atoms with Crippen LogP contribution in [-0.2, 0) is 13.0 Å². The normalized spacial score (nSPS) is 17.2. The van der Waals surface area contributed by atoms with Crippen LogP contribution in [0.4, 0.5) is 0 Å². The zero-order valence-electron chi connectivity index (χ0n) is 13.2. The summed E-state index contributed by atoms with van der Waals surface area (Å²) in [5.74, 6) is 1.75. The maximum absolute atomic E-state index is 12.5. The second-order valence-electron chi connectivity index (χ2n) is 6.08. The van der Waals surface area contributed by atoms with Crippen molar-refractivity contribution in [3.8, 4) is 0 Å². The van der Waals surface area contributed by atoms with Crippen LogP contribution >= 0.6 is 0 Å². The van der Waals surface area contributed by atoms with Crippen LogP contribution in [0.2, 0.25) is 0 Å². The Bertz CT molecular complexity index is 893. The van der Waals surface area contributed by atoms with Crippen molar-refractivity contribution < 1.29 is 4.79 Å². The molecule has 0 spiro atoms. The minimum absolute atomic E-state index is 0.0799. The first-order valence-corrected chi connectivity index (χ1v) is 7.75. The SMILES string of the molecule is Cc1ccn2cc(C(=O)N[C@H]3CCc4nnc(C)n4C3)nc2c1. The topological polar surface area (TPSA) is 77.1 Å². The minimum atomic E-state index is -0.134. The largest absolute Gasteiger partial charge is 0.346 e. The van der Waals surface area contributed by atoms with E-state index in [-0.39, 0.29) is 11.9 Å². The molecule has 3 aromatic rings. The third-order valence-corrected chi connectivity index (χ3v) is 4.32. The van der Waals surface area contributed by atoms with E-state index in [1.165, 1.54) is 0 Å². The predicted molar refractivity (Wildman–Crippen MR) is 84.3 cm³/mol. The monoisotopic (exact) mass is 310 g/mol. The molecule has 4 heterocycles. The summed E-state index contributed by atoms with van der Waals surface area (Å²) in [6.45, 7) is 4.66. The summed E-state index contributed by atoms with van der Waals surface area (Å²) < 4.78 is 3.94. The molecule has 0 fully saturated rings. The van der Waals surface area contributed by atoms with Crippen molar-refractivity contribution >= 4 is 11.6 Å². The minimum Gasteiger partial charge on any atom is -0.346 e. The van der Waals surface area contributed by atoms with Crippen LogP contribution < -0.4 is 5.32 Å². The fraction of sp³-hybridized carbons (Fsp3) is 0.375. The number of carbonyl (C=O) groups is 1. The maximum Gasteiger partial charge on any atom is 0.271 e. The average molecular weight is 310 g/mol. The summed E-state index contributed by atoms with van der Waals surface area (Å²) in [5.41, 5.74) is 2.36. The molecule has 1 atom stereocenters. The van der Waals surface area contributed by atoms with Crippen molar-refractivity contribution in [3.05, 3.63) is 47.4 Å². The average Bonchev–Trinajstić information content (AvgIpc) is 3.11. The zero-order chi connectivity index (χ0) is 16.0. The maximum atomic E-state index is 12.5. The number of carbonyl (C=O) groups excluding carboxylic acids is 1. The molecule has 23 heavy (non-hydrogen) atoms. The molecule has 1 aliphatic heterocycles. The number of amides is 1. The standard InChI is InChI=1S/C16H18N6O/c1-10-5-6-21-9-13(18-15(21)7-10)16(23)17-12-3-4-14-20-19-11(2)22(14)8-12/h5-7,9,12H,3-4,8H2,1-2H3,(H,17,23)/t12-/m0/s1. The van der Waals surface area contributed by atoms with Gasteiger partial charge < -0.3 is 14.3 Å². The van der Waals surface area contributed by atoms with Gasteiger partial charge in [0.2, 0.25) is 0 Å². The summed E-state index contributed by atoms with van der Waals surface area (Å²) in [6, 6.07) is 4.04. The number of aromatic nitrogens is 5. The zero-order valence-corrected chi connectivity index (χ0v) is 13.2. The van der Waals surface area contributed by atoms with Gasteiger partial charge in [-0.15, -0.1) is 10.2 Å². The highest BCUT2D eigenvalue weighted by atomic mass is 16.2. The molecule has 7 nitrogen and oxygen atoms in total. The molecule has 0 aromatic carbocycles. The van der Waals surface area contributed by atoms with Crippen molar-refractivity contribution in [2.24, 2.45) is 0 Å². The van der Waals surface area contributed by atoms with Gasteiger partial charge in [0.1, 0.15) is 23.0 Å². The van der Waals surface area contributed by atoms with Gasteiger partial charge in [0.15, 0.2) is 0 Å². The molecule has 1 aliphatic rings. The van der Waals surface area contributed by atoms with Gasteiger partial charge in [-0.3, -0.25) is 4.79 Å². The summed E-state index contributed by atoms with van der Waals surface area (Å²) in [5, 5.41) is 11.3. The van der Waals surface area contributed by atoms with E-state index in [2.05, 4.69) is 25.1 Å². The van der Waals surface area contributed by atoms with Crippen LogP contribution in [0.3, 0.4) is 0 Å². The number of aryl methyl sites for hydroxylation is 3. The highest BCUT2D eigenvalue weighted by Gasteiger charge is 2.23. The van der Waals surface area contributed by atoms with Crippen molar-refractivity contribution in [1.29, 1.82) is 0 Å². The molecule has 0 bridgehead atoms. The molecule has 0 aliphatic carbocycles. The number of nitrogens with one attached hydrogen (secondary N) is 1. The molecule has 0 saturated heterocycles. The van der Waals surface area contributed by atoms with Crippen LogP contribution in [0.15, 0.2) is 24.5 Å². The van der Waals surface area contributed by atoms with Gasteiger partial charge in [0.05, 0.1) is 0 Å². The lowest BCUT2D eigenvalue weighted by Crippen LogP contribution is -2.41. The molecular formula is C16H18N6O. The third kappa shape index (κ3) is 2.48. The third-order valence-electron chi connectivity index (χ3n) is 4.32. The molecule has 0 radical (unpaired) electrons. The number of imidazole rings is 1. The number of hydrogen-bond donors (Lipinski definition) is 1. The second-order valence-corrected chi connectivity index (χ2v) is 6.08. The first-order valence-electron chi connectivity index (χ1n) is 7.75. The Morgan fingerprint density at radius 1 is 1.35 bits per heavy atom. The Hall–Kier alpha value is -2.70. The van der Waals surface area contributed by atoms with E-state index < -0.39 is 0 Å². The lowest BCUT2D eigenvalue weighted by Gasteiger charge is -2.24. The molecule has 118 valence electrons. The highest BCUT2D eigenvalue weighted by Crippen LogP contribution is 2.15. The Kier molecular flexibility index (Phi) is 3.14. The molecule has 1 N–H and O–H groups in total. The van der Waals surface area contributed by atoms with Crippen LogP contribution in [0.1, 0.15) is 34.1 Å². The van der Waals surface area contributed by atoms with Crippen LogP contribution in [0, 0.1) is 13.8 Å². The number of hydrogen-bond acceptors (Lipinski definition) is 4. The van der Waals surface area contributed by atoms with Crippen LogP contribution in [0.25, 0.3) is 5.65 Å². The Morgan fingerprint density at radius 3 is 3.09 bits per heavy atom. The summed E-state index contributed by atoms with van der Waals surface area (Å²) in [4.78, 5) is 16.9. The first-order chi connectivity index (χ1) is 11.1. The number of pyridine rings is 1. The van der Waals surface area contributed by atoms with E-state index in [0.29, 0.717) is 12.2 Å². The molecule has 0 saturated carbocycles. The van der Waals surface area contributed by atoms with E-state index in [1.54, 1.807) is 6.20 Å². The Morgan fingerprint density at radius 2 is 2.22 bits per heavy atom. The first kappa shape index (κ1) is 13.9. The summed E-state index contributed by atoms with van der Waals surface area (Å²) in [7, 11) is 0. The van der Waals surface area contributed by atoms with Crippen LogP contribution in [0.5, 0.6) is 0 Å². The molecule has 1 amide bonds. The van der Waals surface area contributed by atoms with Crippen molar-refractivity contribution in [2.45, 2.75) is 39.3 Å². The van der Waals surface area contributed by atoms with E-state index >= 15 is 0 Å². The van der Waals surface area contributed by atoms with E-state index in [0.717, 1.165) is 35.7 Å². The van der Waals surface area contributed by atoms with Gasteiger partial charge in [-0.2, -0.15) is 0 Å². The molecule has 3 aromatic heterocycles. The van der Waals surface area contributed by atoms with Crippen molar-refractivity contribution in [2.75, 3.05) is 0 Å². The predicted octanol–water partition coefficient (Wildman–Crippen LogP) is 1.29.